The molecule has 2 aromatic carbocycles. The fraction of sp³-hybridized carbons (Fsp3) is 0.0500. The Balaban J connectivity index is 1.64. The van der Waals surface area contributed by atoms with E-state index in [2.05, 4.69) is 20.3 Å². The summed E-state index contributed by atoms with van der Waals surface area (Å²) in [6, 6.07) is 11.3. The van der Waals surface area contributed by atoms with E-state index in [1.54, 1.807) is 11.7 Å². The van der Waals surface area contributed by atoms with Gasteiger partial charge in [-0.3, -0.25) is 4.98 Å². The third kappa shape index (κ3) is 2.55. The van der Waals surface area contributed by atoms with E-state index >= 15 is 0 Å². The van der Waals surface area contributed by atoms with Crippen molar-refractivity contribution in [1.82, 2.24) is 15.0 Å². The summed E-state index contributed by atoms with van der Waals surface area (Å²) >= 11 is 1.49. The molecule has 5 rings (SSSR count). The maximum absolute atomic E-state index is 14.4. The first kappa shape index (κ1) is 15.2. The molecular formula is C20H13FN4S. The number of thiazole rings is 1. The summed E-state index contributed by atoms with van der Waals surface area (Å²) in [7, 11) is 0. The fourth-order valence-electron chi connectivity index (χ4n) is 3.14. The topological polar surface area (TPSA) is 50.7 Å². The van der Waals surface area contributed by atoms with Crippen molar-refractivity contribution < 1.29 is 4.39 Å². The molecule has 2 heterocycles. The lowest BCUT2D eigenvalue weighted by molar-refractivity contribution is 0.616. The summed E-state index contributed by atoms with van der Waals surface area (Å²) in [5.41, 5.74) is 4.91. The van der Waals surface area contributed by atoms with Crippen LogP contribution < -0.4 is 5.32 Å². The lowest BCUT2D eigenvalue weighted by Crippen LogP contribution is -2.00. The molecule has 0 saturated carbocycles. The Morgan fingerprint density at radius 2 is 2.04 bits per heavy atom. The van der Waals surface area contributed by atoms with Crippen LogP contribution in [0, 0.1) is 5.82 Å². The normalized spacial score (nSPS) is 12.5. The van der Waals surface area contributed by atoms with Crippen LogP contribution in [0.4, 0.5) is 15.9 Å². The SMILES string of the molecule is Fc1cc(Nc2nc(-c3cncs3)nc3ccccc23)cc2c1CC=C2. The van der Waals surface area contributed by atoms with Gasteiger partial charge in [0, 0.05) is 17.3 Å². The minimum atomic E-state index is -0.198. The van der Waals surface area contributed by atoms with Crippen LogP contribution in [0.3, 0.4) is 0 Å². The van der Waals surface area contributed by atoms with Gasteiger partial charge in [0.05, 0.1) is 15.9 Å². The third-order valence-corrected chi connectivity index (χ3v) is 5.14. The highest BCUT2D eigenvalue weighted by Crippen LogP contribution is 2.31. The van der Waals surface area contributed by atoms with Crippen molar-refractivity contribution in [2.75, 3.05) is 5.32 Å². The fourth-order valence-corrected chi connectivity index (χ4v) is 3.70. The van der Waals surface area contributed by atoms with Crippen LogP contribution in [0.15, 0.2) is 54.2 Å². The van der Waals surface area contributed by atoms with Crippen LogP contribution in [-0.4, -0.2) is 15.0 Å². The number of benzene rings is 2. The number of anilines is 2. The summed E-state index contributed by atoms with van der Waals surface area (Å²) in [6.07, 6.45) is 6.32. The number of nitrogens with zero attached hydrogens (tertiary/aromatic N) is 3. The molecule has 6 heteroatoms. The maximum Gasteiger partial charge on any atom is 0.173 e. The van der Waals surface area contributed by atoms with Crippen molar-refractivity contribution in [2.45, 2.75) is 6.42 Å². The van der Waals surface area contributed by atoms with Crippen LogP contribution >= 0.6 is 11.3 Å². The summed E-state index contributed by atoms with van der Waals surface area (Å²) < 4.78 is 14.4. The first-order valence-corrected chi connectivity index (χ1v) is 9.07. The number of rotatable bonds is 3. The van der Waals surface area contributed by atoms with Gasteiger partial charge in [0.2, 0.25) is 0 Å². The van der Waals surface area contributed by atoms with Gasteiger partial charge in [0.25, 0.3) is 0 Å². The number of hydrogen-bond acceptors (Lipinski definition) is 5. The van der Waals surface area contributed by atoms with E-state index in [-0.39, 0.29) is 5.82 Å². The summed E-state index contributed by atoms with van der Waals surface area (Å²) in [4.78, 5) is 14.3. The first-order chi connectivity index (χ1) is 12.8. The van der Waals surface area contributed by atoms with Gasteiger partial charge >= 0.3 is 0 Å². The summed E-state index contributed by atoms with van der Waals surface area (Å²) in [5.74, 6) is 1.06. The number of halogens is 1. The van der Waals surface area contributed by atoms with Crippen molar-refractivity contribution in [3.8, 4) is 10.7 Å². The average Bonchev–Trinajstić information content (AvgIpc) is 3.33. The van der Waals surface area contributed by atoms with E-state index in [1.165, 1.54) is 17.4 Å². The Labute approximate surface area is 153 Å². The second-order valence-corrected chi connectivity index (χ2v) is 6.92. The molecule has 26 heavy (non-hydrogen) atoms. The Hall–Kier alpha value is -3.12. The molecular weight excluding hydrogens is 347 g/mol. The lowest BCUT2D eigenvalue weighted by atomic mass is 10.1. The van der Waals surface area contributed by atoms with E-state index in [1.807, 2.05) is 42.5 Å². The number of nitrogens with one attached hydrogen (secondary N) is 1. The molecule has 4 aromatic rings. The van der Waals surface area contributed by atoms with E-state index < -0.39 is 0 Å². The molecule has 0 fully saturated rings. The molecule has 0 aliphatic heterocycles. The van der Waals surface area contributed by atoms with Crippen molar-refractivity contribution >= 4 is 39.8 Å². The molecule has 0 atom stereocenters. The molecule has 0 spiro atoms. The zero-order chi connectivity index (χ0) is 17.5. The van der Waals surface area contributed by atoms with Gasteiger partial charge in [0.1, 0.15) is 11.6 Å². The number of fused-ring (bicyclic) bond motifs is 2. The lowest BCUT2D eigenvalue weighted by Gasteiger charge is -2.12. The minimum Gasteiger partial charge on any atom is -0.339 e. The number of aromatic nitrogens is 3. The largest absolute Gasteiger partial charge is 0.339 e. The quantitative estimate of drug-likeness (QED) is 0.545. The van der Waals surface area contributed by atoms with Crippen molar-refractivity contribution in [3.05, 3.63) is 71.1 Å². The Morgan fingerprint density at radius 3 is 2.92 bits per heavy atom. The van der Waals surface area contributed by atoms with E-state index in [9.17, 15) is 4.39 Å². The third-order valence-electron chi connectivity index (χ3n) is 4.37. The van der Waals surface area contributed by atoms with Gasteiger partial charge in [-0.1, -0.05) is 24.3 Å². The Morgan fingerprint density at radius 1 is 1.12 bits per heavy atom. The van der Waals surface area contributed by atoms with Crippen molar-refractivity contribution in [1.29, 1.82) is 0 Å². The molecule has 0 bridgehead atoms. The van der Waals surface area contributed by atoms with Crippen LogP contribution in [0.2, 0.25) is 0 Å². The molecule has 0 radical (unpaired) electrons. The molecule has 1 aliphatic carbocycles. The van der Waals surface area contributed by atoms with Crippen molar-refractivity contribution in [2.24, 2.45) is 0 Å². The zero-order valence-corrected chi connectivity index (χ0v) is 14.4. The molecule has 0 saturated heterocycles. The molecule has 1 N–H and O–H groups in total. The number of hydrogen-bond donors (Lipinski definition) is 1. The Bertz CT molecular complexity index is 1150. The molecule has 0 amide bonds. The Kier molecular flexibility index (Phi) is 3.50. The first-order valence-electron chi connectivity index (χ1n) is 8.19. The minimum absolute atomic E-state index is 0.198. The van der Waals surface area contributed by atoms with Gasteiger partial charge in [-0.05, 0) is 41.8 Å². The van der Waals surface area contributed by atoms with E-state index in [4.69, 9.17) is 0 Å². The van der Waals surface area contributed by atoms with Crippen LogP contribution in [0.1, 0.15) is 11.1 Å². The van der Waals surface area contributed by atoms with E-state index in [0.717, 1.165) is 26.9 Å². The second kappa shape index (κ2) is 6.00. The molecule has 126 valence electrons. The standard InChI is InChI=1S/C20H13FN4S/c21-16-9-13(8-12-4-3-6-14(12)16)23-19-15-5-1-2-7-17(15)24-20(25-19)18-10-22-11-26-18/h1-5,7-11H,6H2,(H,23,24,25). The summed E-state index contributed by atoms with van der Waals surface area (Å²) in [5, 5.41) is 4.17. The number of para-hydroxylation sites is 1. The number of allylic oxidation sites excluding steroid dienone is 1. The van der Waals surface area contributed by atoms with Gasteiger partial charge in [-0.15, -0.1) is 11.3 Å². The molecule has 4 nitrogen and oxygen atoms in total. The van der Waals surface area contributed by atoms with Gasteiger partial charge in [-0.25, -0.2) is 14.4 Å². The highest BCUT2D eigenvalue weighted by molar-refractivity contribution is 7.13. The monoisotopic (exact) mass is 360 g/mol. The summed E-state index contributed by atoms with van der Waals surface area (Å²) in [6.45, 7) is 0. The predicted molar refractivity (Wildman–Crippen MR) is 103 cm³/mol. The molecule has 2 aromatic heterocycles. The molecule has 1 aliphatic rings. The highest BCUT2D eigenvalue weighted by Gasteiger charge is 2.15. The highest BCUT2D eigenvalue weighted by atomic mass is 32.1. The molecule has 0 unspecified atom stereocenters. The predicted octanol–water partition coefficient (Wildman–Crippen LogP) is 5.21. The van der Waals surface area contributed by atoms with Gasteiger partial charge in [0.15, 0.2) is 5.82 Å². The van der Waals surface area contributed by atoms with Gasteiger partial charge in [-0.2, -0.15) is 0 Å². The van der Waals surface area contributed by atoms with Crippen LogP contribution in [0.25, 0.3) is 27.7 Å². The average molecular weight is 360 g/mol. The maximum atomic E-state index is 14.4. The van der Waals surface area contributed by atoms with Crippen LogP contribution in [-0.2, 0) is 6.42 Å². The van der Waals surface area contributed by atoms with E-state index in [0.29, 0.717) is 23.8 Å². The second-order valence-electron chi connectivity index (χ2n) is 6.04. The zero-order valence-electron chi connectivity index (χ0n) is 13.6. The van der Waals surface area contributed by atoms with Crippen molar-refractivity contribution in [3.63, 3.8) is 0 Å². The van der Waals surface area contributed by atoms with Crippen LogP contribution in [0.5, 0.6) is 0 Å². The smallest absolute Gasteiger partial charge is 0.173 e. The van der Waals surface area contributed by atoms with Gasteiger partial charge < -0.3 is 5.32 Å².